The third-order valence-corrected chi connectivity index (χ3v) is 3.89. The molecule has 0 bridgehead atoms. The lowest BCUT2D eigenvalue weighted by Gasteiger charge is -2.33. The van der Waals surface area contributed by atoms with E-state index in [4.69, 9.17) is 5.11 Å². The molecule has 0 radical (unpaired) electrons. The number of thioether (sulfide) groups is 1. The molecule has 0 aromatic heterocycles. The van der Waals surface area contributed by atoms with Crippen LogP contribution in [0, 0.1) is 0 Å². The van der Waals surface area contributed by atoms with Crippen molar-refractivity contribution in [3.63, 3.8) is 0 Å². The molecule has 1 aliphatic rings. The lowest BCUT2D eigenvalue weighted by atomic mass is 10.1. The summed E-state index contributed by atoms with van der Waals surface area (Å²) in [5, 5.41) is 8.55. The van der Waals surface area contributed by atoms with Crippen molar-refractivity contribution in [2.45, 2.75) is 38.6 Å². The van der Waals surface area contributed by atoms with E-state index in [0.29, 0.717) is 12.6 Å². The normalized spacial score (nSPS) is 17.1. The number of hydrogen-bond acceptors (Lipinski definition) is 3. The molecule has 92 valence electrons. The van der Waals surface area contributed by atoms with E-state index in [0.717, 1.165) is 24.3 Å². The fraction of sp³-hybridized carbons (Fsp3) is 0.818. The fourth-order valence-electron chi connectivity index (χ4n) is 1.99. The zero-order valence-electron chi connectivity index (χ0n) is 9.65. The molecule has 1 aliphatic heterocycles. The van der Waals surface area contributed by atoms with Gasteiger partial charge in [-0.05, 0) is 31.3 Å². The topological polar surface area (TPSA) is 57.6 Å². The maximum Gasteiger partial charge on any atom is 0.303 e. The summed E-state index contributed by atoms with van der Waals surface area (Å²) in [4.78, 5) is 24.1. The molecule has 0 spiro atoms. The van der Waals surface area contributed by atoms with Gasteiger partial charge in [0.15, 0.2) is 0 Å². The van der Waals surface area contributed by atoms with Crippen molar-refractivity contribution in [2.75, 3.05) is 18.1 Å². The SMILES string of the molecule is CCN(C(=O)CCC(=O)O)C1CCSCC1. The highest BCUT2D eigenvalue weighted by molar-refractivity contribution is 7.99. The van der Waals surface area contributed by atoms with Crippen molar-refractivity contribution in [2.24, 2.45) is 0 Å². The van der Waals surface area contributed by atoms with Gasteiger partial charge in [-0.2, -0.15) is 11.8 Å². The number of carboxylic acid groups (broad SMARTS) is 1. The van der Waals surface area contributed by atoms with Crippen molar-refractivity contribution >= 4 is 23.6 Å². The zero-order chi connectivity index (χ0) is 12.0. The molecular weight excluding hydrogens is 226 g/mol. The molecule has 1 saturated heterocycles. The minimum Gasteiger partial charge on any atom is -0.481 e. The van der Waals surface area contributed by atoms with Gasteiger partial charge in [-0.15, -0.1) is 0 Å². The summed E-state index contributed by atoms with van der Waals surface area (Å²) < 4.78 is 0. The lowest BCUT2D eigenvalue weighted by Crippen LogP contribution is -2.42. The maximum absolute atomic E-state index is 11.8. The Kier molecular flexibility index (Phi) is 5.66. The van der Waals surface area contributed by atoms with Crippen molar-refractivity contribution in [1.82, 2.24) is 4.90 Å². The van der Waals surface area contributed by atoms with Gasteiger partial charge < -0.3 is 10.0 Å². The monoisotopic (exact) mass is 245 g/mol. The summed E-state index contributed by atoms with van der Waals surface area (Å²) in [5.41, 5.74) is 0. The Balaban J connectivity index is 2.44. The van der Waals surface area contributed by atoms with Crippen molar-refractivity contribution in [3.05, 3.63) is 0 Å². The highest BCUT2D eigenvalue weighted by Gasteiger charge is 2.24. The van der Waals surface area contributed by atoms with Crippen LogP contribution in [0.2, 0.25) is 0 Å². The maximum atomic E-state index is 11.8. The minimum atomic E-state index is -0.899. The molecule has 1 amide bonds. The van der Waals surface area contributed by atoms with Gasteiger partial charge in [-0.1, -0.05) is 0 Å². The van der Waals surface area contributed by atoms with Crippen LogP contribution in [0.15, 0.2) is 0 Å². The van der Waals surface area contributed by atoms with E-state index >= 15 is 0 Å². The van der Waals surface area contributed by atoms with E-state index in [2.05, 4.69) is 0 Å². The number of carboxylic acids is 1. The van der Waals surface area contributed by atoms with Crippen LogP contribution in [0.3, 0.4) is 0 Å². The van der Waals surface area contributed by atoms with Crippen LogP contribution in [0.1, 0.15) is 32.6 Å². The van der Waals surface area contributed by atoms with Gasteiger partial charge >= 0.3 is 5.97 Å². The highest BCUT2D eigenvalue weighted by atomic mass is 32.2. The number of aliphatic carboxylic acids is 1. The quantitative estimate of drug-likeness (QED) is 0.799. The summed E-state index contributed by atoms with van der Waals surface area (Å²) >= 11 is 1.92. The number of amides is 1. The minimum absolute atomic E-state index is 0.0122. The second kappa shape index (κ2) is 6.78. The Bertz CT molecular complexity index is 252. The number of hydrogen-bond donors (Lipinski definition) is 1. The molecule has 0 unspecified atom stereocenters. The first-order chi connectivity index (χ1) is 7.65. The Morgan fingerprint density at radius 3 is 2.44 bits per heavy atom. The molecule has 0 aliphatic carbocycles. The van der Waals surface area contributed by atoms with E-state index in [1.54, 1.807) is 0 Å². The molecule has 1 heterocycles. The molecule has 1 rings (SSSR count). The third-order valence-electron chi connectivity index (χ3n) is 2.85. The second-order valence-electron chi connectivity index (χ2n) is 3.92. The predicted octanol–water partition coefficient (Wildman–Crippen LogP) is 1.60. The largest absolute Gasteiger partial charge is 0.481 e. The van der Waals surface area contributed by atoms with Crippen LogP contribution in [0.25, 0.3) is 0 Å². The van der Waals surface area contributed by atoms with Crippen LogP contribution >= 0.6 is 11.8 Å². The van der Waals surface area contributed by atoms with Crippen LogP contribution in [0.5, 0.6) is 0 Å². The van der Waals surface area contributed by atoms with Gasteiger partial charge in [-0.3, -0.25) is 9.59 Å². The molecule has 0 atom stereocenters. The van der Waals surface area contributed by atoms with Gasteiger partial charge in [0.05, 0.1) is 6.42 Å². The smallest absolute Gasteiger partial charge is 0.303 e. The first-order valence-electron chi connectivity index (χ1n) is 5.74. The van der Waals surface area contributed by atoms with Gasteiger partial charge in [0.25, 0.3) is 0 Å². The number of carbonyl (C=O) groups excluding carboxylic acids is 1. The van der Waals surface area contributed by atoms with Crippen molar-refractivity contribution in [3.8, 4) is 0 Å². The molecule has 1 fully saturated rings. The number of carbonyl (C=O) groups is 2. The Labute approximate surface area is 100 Å². The van der Waals surface area contributed by atoms with E-state index in [1.165, 1.54) is 0 Å². The van der Waals surface area contributed by atoms with Crippen LogP contribution in [0.4, 0.5) is 0 Å². The highest BCUT2D eigenvalue weighted by Crippen LogP contribution is 2.22. The summed E-state index contributed by atoms with van der Waals surface area (Å²) in [7, 11) is 0. The van der Waals surface area contributed by atoms with Gasteiger partial charge in [0, 0.05) is 19.0 Å². The summed E-state index contributed by atoms with van der Waals surface area (Å²) in [5.74, 6) is 1.30. The molecule has 0 aromatic carbocycles. The van der Waals surface area contributed by atoms with Crippen molar-refractivity contribution < 1.29 is 14.7 Å². The molecule has 0 saturated carbocycles. The Morgan fingerprint density at radius 2 is 1.94 bits per heavy atom. The number of nitrogens with zero attached hydrogens (tertiary/aromatic N) is 1. The standard InChI is InChI=1S/C11H19NO3S/c1-2-12(9-5-7-16-8-6-9)10(13)3-4-11(14)15/h9H,2-8H2,1H3,(H,14,15). The second-order valence-corrected chi connectivity index (χ2v) is 5.14. The molecule has 16 heavy (non-hydrogen) atoms. The Morgan fingerprint density at radius 1 is 1.31 bits per heavy atom. The average molecular weight is 245 g/mol. The average Bonchev–Trinajstić information content (AvgIpc) is 2.29. The van der Waals surface area contributed by atoms with Gasteiger partial charge in [0.2, 0.25) is 5.91 Å². The van der Waals surface area contributed by atoms with E-state index in [9.17, 15) is 9.59 Å². The first-order valence-corrected chi connectivity index (χ1v) is 6.89. The third kappa shape index (κ3) is 4.04. The summed E-state index contributed by atoms with van der Waals surface area (Å²) in [6, 6.07) is 0.326. The Hall–Kier alpha value is -0.710. The predicted molar refractivity (Wildman–Crippen MR) is 64.6 cm³/mol. The molecule has 1 N–H and O–H groups in total. The van der Waals surface area contributed by atoms with E-state index < -0.39 is 5.97 Å². The lowest BCUT2D eigenvalue weighted by molar-refractivity contribution is -0.141. The van der Waals surface area contributed by atoms with Crippen LogP contribution in [-0.4, -0.2) is 46.0 Å². The van der Waals surface area contributed by atoms with E-state index in [-0.39, 0.29) is 18.7 Å². The van der Waals surface area contributed by atoms with Crippen LogP contribution in [-0.2, 0) is 9.59 Å². The summed E-state index contributed by atoms with van der Waals surface area (Å²) in [6.45, 7) is 2.65. The molecule has 5 heteroatoms. The van der Waals surface area contributed by atoms with Crippen molar-refractivity contribution in [1.29, 1.82) is 0 Å². The molecular formula is C11H19NO3S. The van der Waals surface area contributed by atoms with Crippen LogP contribution < -0.4 is 0 Å². The molecule has 0 aromatic rings. The first kappa shape index (κ1) is 13.4. The van der Waals surface area contributed by atoms with Gasteiger partial charge in [0.1, 0.15) is 0 Å². The fourth-order valence-corrected chi connectivity index (χ4v) is 3.07. The molecule has 4 nitrogen and oxygen atoms in total. The van der Waals surface area contributed by atoms with Gasteiger partial charge in [-0.25, -0.2) is 0 Å². The zero-order valence-corrected chi connectivity index (χ0v) is 10.5. The van der Waals surface area contributed by atoms with E-state index in [1.807, 2.05) is 23.6 Å². The number of rotatable bonds is 5. The summed E-state index contributed by atoms with van der Waals surface area (Å²) in [6.07, 6.45) is 2.15.